The molecule has 0 spiro atoms. The second kappa shape index (κ2) is 4.82. The molecule has 2 rings (SSSR count). The van der Waals surface area contributed by atoms with E-state index in [1.165, 1.54) is 6.21 Å². The SMILES string of the molecule is Cc1ccc(/C=N/NC(=O)C2=NNC(=O)C2C)o1. The third-order valence-corrected chi connectivity index (χ3v) is 2.44. The fourth-order valence-electron chi connectivity index (χ4n) is 1.42. The third-order valence-electron chi connectivity index (χ3n) is 2.44. The van der Waals surface area contributed by atoms with Crippen LogP contribution in [0.5, 0.6) is 0 Å². The number of furan rings is 1. The summed E-state index contributed by atoms with van der Waals surface area (Å²) >= 11 is 0. The summed E-state index contributed by atoms with van der Waals surface area (Å²) in [6.07, 6.45) is 1.38. The second-order valence-electron chi connectivity index (χ2n) is 3.84. The molecule has 0 saturated heterocycles. The molecule has 0 aromatic carbocycles. The molecule has 0 bridgehead atoms. The van der Waals surface area contributed by atoms with Crippen LogP contribution in [0, 0.1) is 12.8 Å². The van der Waals surface area contributed by atoms with Crippen molar-refractivity contribution in [2.24, 2.45) is 16.1 Å². The number of carbonyl (C=O) groups is 2. The average Bonchev–Trinajstić information content (AvgIpc) is 2.87. The molecule has 1 aliphatic heterocycles. The van der Waals surface area contributed by atoms with Gasteiger partial charge in [0.25, 0.3) is 5.91 Å². The maximum absolute atomic E-state index is 11.6. The Bertz CT molecular complexity index is 544. The molecule has 7 heteroatoms. The van der Waals surface area contributed by atoms with Crippen LogP contribution >= 0.6 is 0 Å². The Hall–Kier alpha value is -2.44. The highest BCUT2D eigenvalue weighted by molar-refractivity contribution is 6.44. The van der Waals surface area contributed by atoms with Gasteiger partial charge in [-0.1, -0.05) is 0 Å². The van der Waals surface area contributed by atoms with Gasteiger partial charge in [-0.15, -0.1) is 0 Å². The number of hydrogen-bond donors (Lipinski definition) is 2. The van der Waals surface area contributed by atoms with Crippen LogP contribution in [0.3, 0.4) is 0 Å². The van der Waals surface area contributed by atoms with Crippen LogP contribution in [0.2, 0.25) is 0 Å². The molecule has 1 aromatic heterocycles. The van der Waals surface area contributed by atoms with E-state index < -0.39 is 11.8 Å². The first kappa shape index (κ1) is 12.0. The fourth-order valence-corrected chi connectivity index (χ4v) is 1.42. The Kier molecular flexibility index (Phi) is 3.22. The Morgan fingerprint density at radius 1 is 1.61 bits per heavy atom. The van der Waals surface area contributed by atoms with Crippen molar-refractivity contribution in [3.8, 4) is 0 Å². The van der Waals surface area contributed by atoms with Crippen LogP contribution in [0.4, 0.5) is 0 Å². The van der Waals surface area contributed by atoms with E-state index in [0.717, 1.165) is 5.76 Å². The highest BCUT2D eigenvalue weighted by atomic mass is 16.3. The Balaban J connectivity index is 1.93. The summed E-state index contributed by atoms with van der Waals surface area (Å²) in [4.78, 5) is 22.7. The molecule has 1 unspecified atom stereocenters. The normalized spacial score (nSPS) is 18.9. The van der Waals surface area contributed by atoms with Crippen LogP contribution < -0.4 is 10.9 Å². The topological polar surface area (TPSA) is 96.1 Å². The number of carbonyl (C=O) groups excluding carboxylic acids is 2. The summed E-state index contributed by atoms with van der Waals surface area (Å²) in [5.74, 6) is -0.0907. The molecular weight excluding hydrogens is 236 g/mol. The van der Waals surface area contributed by atoms with Gasteiger partial charge in [-0.05, 0) is 26.0 Å². The van der Waals surface area contributed by atoms with E-state index >= 15 is 0 Å². The van der Waals surface area contributed by atoms with Gasteiger partial charge in [0, 0.05) is 0 Å². The molecule has 1 aliphatic rings. The van der Waals surface area contributed by atoms with Crippen molar-refractivity contribution in [1.82, 2.24) is 10.9 Å². The van der Waals surface area contributed by atoms with E-state index in [0.29, 0.717) is 5.76 Å². The van der Waals surface area contributed by atoms with Gasteiger partial charge < -0.3 is 4.42 Å². The maximum Gasteiger partial charge on any atom is 0.288 e. The lowest BCUT2D eigenvalue weighted by molar-refractivity contribution is -0.122. The summed E-state index contributed by atoms with van der Waals surface area (Å²) < 4.78 is 5.23. The highest BCUT2D eigenvalue weighted by Crippen LogP contribution is 2.06. The number of rotatable bonds is 3. The molecule has 0 saturated carbocycles. The van der Waals surface area contributed by atoms with E-state index in [1.54, 1.807) is 19.1 Å². The van der Waals surface area contributed by atoms with Gasteiger partial charge in [0.2, 0.25) is 5.91 Å². The second-order valence-corrected chi connectivity index (χ2v) is 3.84. The predicted molar refractivity (Wildman–Crippen MR) is 63.9 cm³/mol. The smallest absolute Gasteiger partial charge is 0.288 e. The Morgan fingerprint density at radius 3 is 2.94 bits per heavy atom. The zero-order valence-corrected chi connectivity index (χ0v) is 9.93. The molecule has 2 N–H and O–H groups in total. The summed E-state index contributed by atoms with van der Waals surface area (Å²) in [6, 6.07) is 3.51. The van der Waals surface area contributed by atoms with Gasteiger partial charge in [0.15, 0.2) is 0 Å². The van der Waals surface area contributed by atoms with Crippen molar-refractivity contribution in [2.75, 3.05) is 0 Å². The van der Waals surface area contributed by atoms with E-state index in [9.17, 15) is 9.59 Å². The van der Waals surface area contributed by atoms with Crippen molar-refractivity contribution >= 4 is 23.7 Å². The molecule has 1 aromatic rings. The molecule has 0 aliphatic carbocycles. The molecule has 2 heterocycles. The number of nitrogens with zero attached hydrogens (tertiary/aromatic N) is 2. The third kappa shape index (κ3) is 2.45. The van der Waals surface area contributed by atoms with Gasteiger partial charge in [-0.2, -0.15) is 10.2 Å². The minimum Gasteiger partial charge on any atom is -0.460 e. The standard InChI is InChI=1S/C11H12N4O3/c1-6-3-4-8(18-6)5-12-14-11(17)9-7(2)10(16)15-13-9/h3-5,7H,1-2H3,(H,14,17)(H,15,16)/b12-5+. The van der Waals surface area contributed by atoms with Crippen LogP contribution in [-0.2, 0) is 9.59 Å². The molecule has 0 fully saturated rings. The first-order valence-electron chi connectivity index (χ1n) is 5.35. The fraction of sp³-hybridized carbons (Fsp3) is 0.273. The molecule has 94 valence electrons. The van der Waals surface area contributed by atoms with E-state index in [-0.39, 0.29) is 11.6 Å². The summed E-state index contributed by atoms with van der Waals surface area (Å²) in [5.41, 5.74) is 4.63. The van der Waals surface area contributed by atoms with Crippen molar-refractivity contribution in [1.29, 1.82) is 0 Å². The lowest BCUT2D eigenvalue weighted by atomic mass is 10.1. The zero-order valence-electron chi connectivity index (χ0n) is 9.93. The highest BCUT2D eigenvalue weighted by Gasteiger charge is 2.30. The van der Waals surface area contributed by atoms with Gasteiger partial charge in [0.1, 0.15) is 17.2 Å². The lowest BCUT2D eigenvalue weighted by Gasteiger charge is -2.01. The van der Waals surface area contributed by atoms with E-state index in [1.807, 2.05) is 6.92 Å². The molecule has 1 atom stereocenters. The number of hydrogen-bond acceptors (Lipinski definition) is 5. The minimum absolute atomic E-state index is 0.118. The maximum atomic E-state index is 11.6. The van der Waals surface area contributed by atoms with Crippen LogP contribution in [0.15, 0.2) is 26.8 Å². The molecular formula is C11H12N4O3. The van der Waals surface area contributed by atoms with E-state index in [4.69, 9.17) is 4.42 Å². The predicted octanol–water partition coefficient (Wildman–Crippen LogP) is 0.160. The Morgan fingerprint density at radius 2 is 2.39 bits per heavy atom. The zero-order chi connectivity index (χ0) is 13.1. The summed E-state index contributed by atoms with van der Waals surface area (Å²) in [5, 5.41) is 7.36. The lowest BCUT2D eigenvalue weighted by Crippen LogP contribution is -2.32. The van der Waals surface area contributed by atoms with Gasteiger partial charge in [-0.25, -0.2) is 10.9 Å². The van der Waals surface area contributed by atoms with Crippen molar-refractivity contribution < 1.29 is 14.0 Å². The number of hydrazone groups is 2. The van der Waals surface area contributed by atoms with E-state index in [2.05, 4.69) is 21.1 Å². The van der Waals surface area contributed by atoms with Crippen molar-refractivity contribution in [2.45, 2.75) is 13.8 Å². The van der Waals surface area contributed by atoms with Gasteiger partial charge in [-0.3, -0.25) is 9.59 Å². The quantitative estimate of drug-likeness (QED) is 0.589. The minimum atomic E-state index is -0.564. The first-order valence-corrected chi connectivity index (χ1v) is 5.35. The van der Waals surface area contributed by atoms with Crippen LogP contribution in [0.25, 0.3) is 0 Å². The summed E-state index contributed by atoms with van der Waals surface area (Å²) in [7, 11) is 0. The number of amides is 2. The largest absolute Gasteiger partial charge is 0.460 e. The molecule has 7 nitrogen and oxygen atoms in total. The number of nitrogens with one attached hydrogen (secondary N) is 2. The first-order chi connectivity index (χ1) is 8.58. The molecule has 0 radical (unpaired) electrons. The average molecular weight is 248 g/mol. The number of aryl methyl sites for hydroxylation is 1. The van der Waals surface area contributed by atoms with Crippen LogP contribution in [-0.4, -0.2) is 23.7 Å². The van der Waals surface area contributed by atoms with Crippen LogP contribution in [0.1, 0.15) is 18.4 Å². The molecule has 18 heavy (non-hydrogen) atoms. The monoisotopic (exact) mass is 248 g/mol. The summed E-state index contributed by atoms with van der Waals surface area (Å²) in [6.45, 7) is 3.41. The van der Waals surface area contributed by atoms with Gasteiger partial charge in [0.05, 0.1) is 12.1 Å². The van der Waals surface area contributed by atoms with Gasteiger partial charge >= 0.3 is 0 Å². The molecule has 2 amide bonds. The Labute approximate surface area is 103 Å². The van der Waals surface area contributed by atoms with Crippen molar-refractivity contribution in [3.63, 3.8) is 0 Å². The van der Waals surface area contributed by atoms with Crippen molar-refractivity contribution in [3.05, 3.63) is 23.7 Å².